The molecule has 2 aromatic rings. The number of ether oxygens (including phenoxy) is 1. The minimum absolute atomic E-state index is 0.000903. The highest BCUT2D eigenvalue weighted by atomic mass is 16.5. The smallest absolute Gasteiger partial charge is 0.336 e. The number of esters is 1. The molecular formula is C24H27NO3. The molecule has 1 amide bonds. The zero-order valence-electron chi connectivity index (χ0n) is 16.7. The van der Waals surface area contributed by atoms with Crippen LogP contribution in [0.2, 0.25) is 0 Å². The van der Waals surface area contributed by atoms with Crippen molar-refractivity contribution in [2.24, 2.45) is 11.8 Å². The van der Waals surface area contributed by atoms with Crippen LogP contribution in [0.3, 0.4) is 0 Å². The monoisotopic (exact) mass is 377 g/mol. The van der Waals surface area contributed by atoms with E-state index in [2.05, 4.69) is 25.2 Å². The predicted molar refractivity (Wildman–Crippen MR) is 110 cm³/mol. The van der Waals surface area contributed by atoms with Crippen LogP contribution in [0.1, 0.15) is 37.5 Å². The number of hydrogen-bond acceptors (Lipinski definition) is 3. The summed E-state index contributed by atoms with van der Waals surface area (Å²) in [6, 6.07) is 17.5. The first-order valence-corrected chi connectivity index (χ1v) is 9.84. The zero-order valence-corrected chi connectivity index (χ0v) is 16.7. The largest absolute Gasteiger partial charge is 0.463 e. The molecule has 0 heterocycles. The predicted octanol–water partition coefficient (Wildman–Crippen LogP) is 4.15. The SMILES string of the molecule is CCOC(=O)C1=C(NC(=O)Cc2ccccc2)c2ccccc2CC1C(C)C. The van der Waals surface area contributed by atoms with Crippen LogP contribution in [0.15, 0.2) is 60.2 Å². The van der Waals surface area contributed by atoms with Crippen molar-refractivity contribution in [3.05, 3.63) is 76.9 Å². The van der Waals surface area contributed by atoms with Crippen molar-refractivity contribution in [1.82, 2.24) is 5.32 Å². The molecule has 0 bridgehead atoms. The second-order valence-corrected chi connectivity index (χ2v) is 7.43. The third-order valence-electron chi connectivity index (χ3n) is 5.14. The normalized spacial score (nSPS) is 15.9. The summed E-state index contributed by atoms with van der Waals surface area (Å²) in [7, 11) is 0. The first kappa shape index (κ1) is 19.9. The molecule has 1 unspecified atom stereocenters. The molecule has 0 spiro atoms. The van der Waals surface area contributed by atoms with E-state index in [9.17, 15) is 9.59 Å². The first-order chi connectivity index (χ1) is 13.5. The summed E-state index contributed by atoms with van der Waals surface area (Å²) in [4.78, 5) is 25.6. The van der Waals surface area contributed by atoms with Crippen LogP contribution in [0.5, 0.6) is 0 Å². The van der Waals surface area contributed by atoms with E-state index >= 15 is 0 Å². The molecule has 3 rings (SSSR count). The van der Waals surface area contributed by atoms with E-state index in [-0.39, 0.29) is 30.1 Å². The Morgan fingerprint density at radius 1 is 1.07 bits per heavy atom. The molecule has 2 aromatic carbocycles. The molecule has 1 aliphatic carbocycles. The number of carbonyl (C=O) groups excluding carboxylic acids is 2. The second-order valence-electron chi connectivity index (χ2n) is 7.43. The lowest BCUT2D eigenvalue weighted by Crippen LogP contribution is -2.34. The van der Waals surface area contributed by atoms with Gasteiger partial charge in [0.1, 0.15) is 0 Å². The highest BCUT2D eigenvalue weighted by molar-refractivity contribution is 6.02. The van der Waals surface area contributed by atoms with Crippen LogP contribution in [0, 0.1) is 11.8 Å². The summed E-state index contributed by atoms with van der Waals surface area (Å²) in [5.74, 6) is -0.234. The molecular weight excluding hydrogens is 350 g/mol. The van der Waals surface area contributed by atoms with E-state index in [0.717, 1.165) is 23.1 Å². The molecule has 0 radical (unpaired) electrons. The number of hydrogen-bond donors (Lipinski definition) is 1. The fourth-order valence-electron chi connectivity index (χ4n) is 3.74. The topological polar surface area (TPSA) is 55.4 Å². The minimum Gasteiger partial charge on any atom is -0.463 e. The molecule has 1 N–H and O–H groups in total. The lowest BCUT2D eigenvalue weighted by Gasteiger charge is -2.32. The first-order valence-electron chi connectivity index (χ1n) is 9.84. The summed E-state index contributed by atoms with van der Waals surface area (Å²) >= 11 is 0. The van der Waals surface area contributed by atoms with E-state index in [0.29, 0.717) is 17.9 Å². The molecule has 0 fully saturated rings. The van der Waals surface area contributed by atoms with E-state index in [1.807, 2.05) is 48.5 Å². The Balaban J connectivity index is 2.02. The Bertz CT molecular complexity index is 884. The Kier molecular flexibility index (Phi) is 6.30. The van der Waals surface area contributed by atoms with Gasteiger partial charge in [0.25, 0.3) is 0 Å². The molecule has 4 heteroatoms. The molecule has 1 atom stereocenters. The van der Waals surface area contributed by atoms with Crippen LogP contribution >= 0.6 is 0 Å². The Labute approximate surface area is 166 Å². The van der Waals surface area contributed by atoms with Gasteiger partial charge in [0.2, 0.25) is 5.91 Å². The van der Waals surface area contributed by atoms with Gasteiger partial charge in [-0.3, -0.25) is 4.79 Å². The molecule has 146 valence electrons. The van der Waals surface area contributed by atoms with Gasteiger partial charge in [-0.05, 0) is 36.3 Å². The Morgan fingerprint density at radius 2 is 1.75 bits per heavy atom. The van der Waals surface area contributed by atoms with Gasteiger partial charge in [-0.25, -0.2) is 4.79 Å². The fraction of sp³-hybridized carbons (Fsp3) is 0.333. The van der Waals surface area contributed by atoms with Crippen molar-refractivity contribution in [2.75, 3.05) is 6.61 Å². The number of nitrogens with one attached hydrogen (secondary N) is 1. The van der Waals surface area contributed by atoms with Crippen molar-refractivity contribution in [3.8, 4) is 0 Å². The van der Waals surface area contributed by atoms with E-state index in [1.165, 1.54) is 0 Å². The standard InChI is InChI=1S/C24H27NO3/c1-4-28-24(27)22-20(16(2)3)15-18-12-8-9-13-19(18)23(22)25-21(26)14-17-10-6-5-7-11-17/h5-13,16,20H,4,14-15H2,1-3H3,(H,25,26). The van der Waals surface area contributed by atoms with Gasteiger partial charge in [0.15, 0.2) is 0 Å². The van der Waals surface area contributed by atoms with Crippen LogP contribution in [-0.2, 0) is 27.2 Å². The summed E-state index contributed by atoms with van der Waals surface area (Å²) in [5, 5.41) is 3.04. The third-order valence-corrected chi connectivity index (χ3v) is 5.14. The Hall–Kier alpha value is -2.88. The second kappa shape index (κ2) is 8.87. The molecule has 0 saturated carbocycles. The van der Waals surface area contributed by atoms with Crippen molar-refractivity contribution in [2.45, 2.75) is 33.6 Å². The average molecular weight is 377 g/mol. The lowest BCUT2D eigenvalue weighted by molar-refractivity contribution is -0.139. The van der Waals surface area contributed by atoms with Crippen LogP contribution in [0.25, 0.3) is 5.70 Å². The molecule has 28 heavy (non-hydrogen) atoms. The fourth-order valence-corrected chi connectivity index (χ4v) is 3.74. The number of fused-ring (bicyclic) bond motifs is 1. The molecule has 1 aliphatic rings. The molecule has 4 nitrogen and oxygen atoms in total. The number of carbonyl (C=O) groups is 2. The van der Waals surface area contributed by atoms with Crippen molar-refractivity contribution >= 4 is 17.6 Å². The molecule has 0 saturated heterocycles. The van der Waals surface area contributed by atoms with E-state index in [1.54, 1.807) is 6.92 Å². The summed E-state index contributed by atoms with van der Waals surface area (Å²) in [6.45, 7) is 6.30. The maximum absolute atomic E-state index is 12.8. The van der Waals surface area contributed by atoms with Crippen molar-refractivity contribution in [1.29, 1.82) is 0 Å². The van der Waals surface area contributed by atoms with Crippen LogP contribution in [0.4, 0.5) is 0 Å². The van der Waals surface area contributed by atoms with Gasteiger partial charge in [-0.1, -0.05) is 68.4 Å². The van der Waals surface area contributed by atoms with Crippen LogP contribution < -0.4 is 5.32 Å². The van der Waals surface area contributed by atoms with Crippen molar-refractivity contribution < 1.29 is 14.3 Å². The number of benzene rings is 2. The maximum Gasteiger partial charge on any atom is 0.336 e. The number of amides is 1. The van der Waals surface area contributed by atoms with Gasteiger partial charge >= 0.3 is 5.97 Å². The average Bonchev–Trinajstić information content (AvgIpc) is 2.68. The Morgan fingerprint density at radius 3 is 2.43 bits per heavy atom. The summed E-state index contributed by atoms with van der Waals surface area (Å²) < 4.78 is 5.36. The van der Waals surface area contributed by atoms with Gasteiger partial charge in [-0.15, -0.1) is 0 Å². The molecule has 0 aromatic heterocycles. The summed E-state index contributed by atoms with van der Waals surface area (Å²) in [5.41, 5.74) is 4.16. The maximum atomic E-state index is 12.8. The highest BCUT2D eigenvalue weighted by Gasteiger charge is 2.34. The quantitative estimate of drug-likeness (QED) is 0.770. The minimum atomic E-state index is -0.342. The van der Waals surface area contributed by atoms with Crippen LogP contribution in [-0.4, -0.2) is 18.5 Å². The van der Waals surface area contributed by atoms with E-state index < -0.39 is 0 Å². The zero-order chi connectivity index (χ0) is 20.1. The van der Waals surface area contributed by atoms with Gasteiger partial charge in [-0.2, -0.15) is 0 Å². The molecule has 0 aliphatic heterocycles. The third kappa shape index (κ3) is 4.33. The van der Waals surface area contributed by atoms with Gasteiger partial charge in [0, 0.05) is 5.56 Å². The van der Waals surface area contributed by atoms with Gasteiger partial charge in [0.05, 0.1) is 24.3 Å². The van der Waals surface area contributed by atoms with E-state index in [4.69, 9.17) is 4.74 Å². The highest BCUT2D eigenvalue weighted by Crippen LogP contribution is 2.38. The van der Waals surface area contributed by atoms with Crippen molar-refractivity contribution in [3.63, 3.8) is 0 Å². The lowest BCUT2D eigenvalue weighted by atomic mass is 9.75. The van der Waals surface area contributed by atoms with Gasteiger partial charge < -0.3 is 10.1 Å². The summed E-state index contributed by atoms with van der Waals surface area (Å²) in [6.07, 6.45) is 1.02. The number of rotatable bonds is 6.